The van der Waals surface area contributed by atoms with Crippen molar-refractivity contribution < 1.29 is 18.0 Å². The van der Waals surface area contributed by atoms with Gasteiger partial charge in [-0.05, 0) is 37.3 Å². The fourth-order valence-corrected chi connectivity index (χ4v) is 3.03. The molecule has 0 aliphatic carbocycles. The van der Waals surface area contributed by atoms with E-state index in [1.54, 1.807) is 36.4 Å². The van der Waals surface area contributed by atoms with Gasteiger partial charge in [0.05, 0.1) is 11.4 Å². The quantitative estimate of drug-likeness (QED) is 0.730. The molecule has 0 aliphatic heterocycles. The molecule has 3 N–H and O–H groups in total. The Hall–Kier alpha value is -2.71. The van der Waals surface area contributed by atoms with Crippen molar-refractivity contribution in [2.45, 2.75) is 18.7 Å². The van der Waals surface area contributed by atoms with Gasteiger partial charge in [-0.2, -0.15) is 0 Å². The number of anilines is 2. The zero-order valence-electron chi connectivity index (χ0n) is 13.9. The summed E-state index contributed by atoms with van der Waals surface area (Å²) in [4.78, 5) is 23.1. The molecule has 0 aliphatic rings. The summed E-state index contributed by atoms with van der Waals surface area (Å²) in [5.74, 6) is -0.745. The fourth-order valence-electron chi connectivity index (χ4n) is 2.04. The Labute approximate surface area is 146 Å². The number of carbonyl (C=O) groups excluding carboxylic acids is 2. The summed E-state index contributed by atoms with van der Waals surface area (Å²) in [5.41, 5.74) is 1.92. The van der Waals surface area contributed by atoms with Gasteiger partial charge in [-0.1, -0.05) is 23.8 Å². The molecule has 0 fully saturated rings. The number of carbonyl (C=O) groups is 2. The molecule has 2 aromatic rings. The van der Waals surface area contributed by atoms with E-state index in [9.17, 15) is 18.0 Å². The summed E-state index contributed by atoms with van der Waals surface area (Å²) in [7, 11) is -3.76. The van der Waals surface area contributed by atoms with Crippen molar-refractivity contribution in [3.05, 3.63) is 54.1 Å². The highest BCUT2D eigenvalue weighted by molar-refractivity contribution is 7.89. The van der Waals surface area contributed by atoms with Crippen LogP contribution in [0, 0.1) is 6.92 Å². The van der Waals surface area contributed by atoms with Gasteiger partial charge < -0.3 is 10.6 Å². The lowest BCUT2D eigenvalue weighted by atomic mass is 10.2. The van der Waals surface area contributed by atoms with Crippen LogP contribution in [0.25, 0.3) is 0 Å². The first-order chi connectivity index (χ1) is 11.8. The first-order valence-corrected chi connectivity index (χ1v) is 8.98. The van der Waals surface area contributed by atoms with Gasteiger partial charge in [0, 0.05) is 18.3 Å². The summed E-state index contributed by atoms with van der Waals surface area (Å²) in [6.07, 6.45) is 0. The predicted molar refractivity (Wildman–Crippen MR) is 95.7 cm³/mol. The van der Waals surface area contributed by atoms with Crippen molar-refractivity contribution >= 4 is 33.2 Å². The topological polar surface area (TPSA) is 104 Å². The third-order valence-electron chi connectivity index (χ3n) is 3.22. The maximum atomic E-state index is 12.1. The lowest BCUT2D eigenvalue weighted by molar-refractivity contribution is -0.115. The van der Waals surface area contributed by atoms with E-state index in [0.29, 0.717) is 11.4 Å². The highest BCUT2D eigenvalue weighted by Crippen LogP contribution is 2.15. The Morgan fingerprint density at radius 1 is 0.960 bits per heavy atom. The Balaban J connectivity index is 1.96. The molecule has 0 atom stereocenters. The van der Waals surface area contributed by atoms with Crippen LogP contribution in [0.1, 0.15) is 12.5 Å². The van der Waals surface area contributed by atoms with Crippen LogP contribution in [0.5, 0.6) is 0 Å². The van der Waals surface area contributed by atoms with Crippen LogP contribution in [-0.2, 0) is 19.6 Å². The zero-order chi connectivity index (χ0) is 18.4. The molecule has 8 heteroatoms. The molecule has 0 unspecified atom stereocenters. The third-order valence-corrected chi connectivity index (χ3v) is 4.64. The van der Waals surface area contributed by atoms with Crippen molar-refractivity contribution in [2.75, 3.05) is 17.2 Å². The molecular formula is C17H19N3O4S. The Bertz CT molecular complexity index is 877. The number of benzene rings is 2. The standard InChI is InChI=1S/C17H19N3O4S/c1-12-6-8-16(9-7-12)25(23,24)18-11-17(22)20-15-5-3-4-14(10-15)19-13(2)21/h3-10,18H,11H2,1-2H3,(H,19,21)(H,20,22). The van der Waals surface area contributed by atoms with Gasteiger partial charge in [0.15, 0.2) is 0 Å². The summed E-state index contributed by atoms with van der Waals surface area (Å²) >= 11 is 0. The minimum absolute atomic E-state index is 0.0959. The lowest BCUT2D eigenvalue weighted by Crippen LogP contribution is -2.32. The van der Waals surface area contributed by atoms with Crippen LogP contribution >= 0.6 is 0 Å². The van der Waals surface area contributed by atoms with Crippen molar-refractivity contribution in [1.82, 2.24) is 4.72 Å². The van der Waals surface area contributed by atoms with E-state index >= 15 is 0 Å². The van der Waals surface area contributed by atoms with Crippen LogP contribution in [0.15, 0.2) is 53.4 Å². The third kappa shape index (κ3) is 5.70. The number of aryl methyl sites for hydroxylation is 1. The van der Waals surface area contributed by atoms with E-state index in [2.05, 4.69) is 15.4 Å². The number of rotatable bonds is 6. The molecule has 25 heavy (non-hydrogen) atoms. The van der Waals surface area contributed by atoms with Crippen LogP contribution in [0.3, 0.4) is 0 Å². The van der Waals surface area contributed by atoms with E-state index in [0.717, 1.165) is 5.56 Å². The zero-order valence-corrected chi connectivity index (χ0v) is 14.7. The molecule has 0 heterocycles. The monoisotopic (exact) mass is 361 g/mol. The Kier molecular flexibility index (Phi) is 5.89. The second kappa shape index (κ2) is 7.91. The average Bonchev–Trinajstić information content (AvgIpc) is 2.53. The number of nitrogens with one attached hydrogen (secondary N) is 3. The number of sulfonamides is 1. The molecule has 2 aromatic carbocycles. The largest absolute Gasteiger partial charge is 0.326 e. The normalized spacial score (nSPS) is 11.0. The van der Waals surface area contributed by atoms with Crippen molar-refractivity contribution in [3.63, 3.8) is 0 Å². The average molecular weight is 361 g/mol. The molecule has 0 bridgehead atoms. The second-order valence-electron chi connectivity index (χ2n) is 5.45. The van der Waals surface area contributed by atoms with Gasteiger partial charge in [-0.15, -0.1) is 0 Å². The van der Waals surface area contributed by atoms with Crippen LogP contribution in [-0.4, -0.2) is 26.8 Å². The Morgan fingerprint density at radius 2 is 1.56 bits per heavy atom. The van der Waals surface area contributed by atoms with E-state index in [4.69, 9.17) is 0 Å². The maximum Gasteiger partial charge on any atom is 0.241 e. The van der Waals surface area contributed by atoms with Gasteiger partial charge in [0.1, 0.15) is 0 Å². The summed E-state index contributed by atoms with van der Waals surface area (Å²) < 4.78 is 26.5. The summed E-state index contributed by atoms with van der Waals surface area (Å²) in [6, 6.07) is 12.9. The van der Waals surface area contributed by atoms with Crippen LogP contribution in [0.4, 0.5) is 11.4 Å². The molecule has 7 nitrogen and oxygen atoms in total. The van der Waals surface area contributed by atoms with Crippen LogP contribution < -0.4 is 15.4 Å². The molecule has 0 spiro atoms. The van der Waals surface area contributed by atoms with Gasteiger partial charge in [0.25, 0.3) is 0 Å². The molecule has 0 saturated carbocycles. The summed E-state index contributed by atoms with van der Waals surface area (Å²) in [6.45, 7) is 2.83. The molecule has 0 saturated heterocycles. The SMILES string of the molecule is CC(=O)Nc1cccc(NC(=O)CNS(=O)(=O)c2ccc(C)cc2)c1. The molecule has 0 radical (unpaired) electrons. The lowest BCUT2D eigenvalue weighted by Gasteiger charge is -2.09. The molecular weight excluding hydrogens is 342 g/mol. The first-order valence-electron chi connectivity index (χ1n) is 7.50. The minimum Gasteiger partial charge on any atom is -0.326 e. The van der Waals surface area contributed by atoms with Gasteiger partial charge >= 0.3 is 0 Å². The van der Waals surface area contributed by atoms with Crippen molar-refractivity contribution in [2.24, 2.45) is 0 Å². The molecule has 2 rings (SSSR count). The first kappa shape index (κ1) is 18.6. The fraction of sp³-hybridized carbons (Fsp3) is 0.176. The van der Waals surface area contributed by atoms with Gasteiger partial charge in [-0.3, -0.25) is 9.59 Å². The van der Waals surface area contributed by atoms with Crippen molar-refractivity contribution in [1.29, 1.82) is 0 Å². The van der Waals surface area contributed by atoms with Crippen molar-refractivity contribution in [3.8, 4) is 0 Å². The van der Waals surface area contributed by atoms with Gasteiger partial charge in [-0.25, -0.2) is 13.1 Å². The van der Waals surface area contributed by atoms with Crippen LogP contribution in [0.2, 0.25) is 0 Å². The van der Waals surface area contributed by atoms with E-state index < -0.39 is 22.5 Å². The minimum atomic E-state index is -3.76. The van der Waals surface area contributed by atoms with E-state index in [-0.39, 0.29) is 10.8 Å². The smallest absolute Gasteiger partial charge is 0.241 e. The molecule has 2 amide bonds. The maximum absolute atomic E-state index is 12.1. The second-order valence-corrected chi connectivity index (χ2v) is 7.21. The molecule has 132 valence electrons. The van der Waals surface area contributed by atoms with E-state index in [1.165, 1.54) is 19.1 Å². The Morgan fingerprint density at radius 3 is 2.16 bits per heavy atom. The summed E-state index contributed by atoms with van der Waals surface area (Å²) in [5, 5.41) is 5.17. The molecule has 0 aromatic heterocycles. The highest BCUT2D eigenvalue weighted by Gasteiger charge is 2.15. The number of amides is 2. The highest BCUT2D eigenvalue weighted by atomic mass is 32.2. The van der Waals surface area contributed by atoms with Gasteiger partial charge in [0.2, 0.25) is 21.8 Å². The van der Waals surface area contributed by atoms with E-state index in [1.807, 2.05) is 6.92 Å². The predicted octanol–water partition coefficient (Wildman–Crippen LogP) is 1.87. The number of hydrogen-bond acceptors (Lipinski definition) is 4. The number of hydrogen-bond donors (Lipinski definition) is 3.